The predicted molar refractivity (Wildman–Crippen MR) is 71.8 cm³/mol. The molecule has 5 nitrogen and oxygen atoms in total. The highest BCUT2D eigenvalue weighted by Gasteiger charge is 2.13. The maximum atomic E-state index is 4.52. The van der Waals surface area contributed by atoms with Crippen LogP contribution in [0.1, 0.15) is 18.4 Å². The lowest BCUT2D eigenvalue weighted by Crippen LogP contribution is -2.33. The monoisotopic (exact) mass is 245 g/mol. The van der Waals surface area contributed by atoms with Crippen molar-refractivity contribution in [3.05, 3.63) is 23.9 Å². The van der Waals surface area contributed by atoms with Crippen LogP contribution in [0.25, 0.3) is 5.65 Å². The minimum atomic E-state index is 0.687. The largest absolute Gasteiger partial charge is 0.353 e. The molecule has 3 rings (SSSR count). The van der Waals surface area contributed by atoms with Gasteiger partial charge in [0, 0.05) is 12.7 Å². The van der Waals surface area contributed by atoms with E-state index in [-0.39, 0.29) is 0 Å². The summed E-state index contributed by atoms with van der Waals surface area (Å²) in [6.07, 6.45) is 4.49. The van der Waals surface area contributed by atoms with Crippen LogP contribution in [0.5, 0.6) is 0 Å². The highest BCUT2D eigenvalue weighted by molar-refractivity contribution is 5.49. The highest BCUT2D eigenvalue weighted by atomic mass is 15.3. The summed E-state index contributed by atoms with van der Waals surface area (Å²) in [5.41, 5.74) is 2.08. The Bertz CT molecular complexity index is 527. The molecule has 0 radical (unpaired) electrons. The van der Waals surface area contributed by atoms with Crippen LogP contribution in [0.3, 0.4) is 0 Å². The molecule has 0 spiro atoms. The van der Waals surface area contributed by atoms with Gasteiger partial charge in [-0.25, -0.2) is 4.52 Å². The zero-order valence-corrected chi connectivity index (χ0v) is 10.7. The van der Waals surface area contributed by atoms with Crippen LogP contribution in [-0.4, -0.2) is 34.2 Å². The van der Waals surface area contributed by atoms with Crippen LogP contribution < -0.4 is 10.6 Å². The summed E-state index contributed by atoms with van der Waals surface area (Å²) in [5.74, 6) is 1.42. The molecule has 2 aromatic rings. The van der Waals surface area contributed by atoms with Gasteiger partial charge in [-0.15, -0.1) is 5.10 Å². The van der Waals surface area contributed by atoms with Crippen LogP contribution in [0.15, 0.2) is 18.3 Å². The van der Waals surface area contributed by atoms with Crippen LogP contribution in [-0.2, 0) is 0 Å². The summed E-state index contributed by atoms with van der Waals surface area (Å²) in [6, 6.07) is 4.05. The minimum Gasteiger partial charge on any atom is -0.353 e. The first-order chi connectivity index (χ1) is 8.83. The van der Waals surface area contributed by atoms with Crippen LogP contribution >= 0.6 is 0 Å². The second-order valence-corrected chi connectivity index (χ2v) is 4.99. The summed E-state index contributed by atoms with van der Waals surface area (Å²) in [4.78, 5) is 4.52. The molecule has 1 fully saturated rings. The topological polar surface area (TPSA) is 54.2 Å². The number of pyridine rings is 1. The second-order valence-electron chi connectivity index (χ2n) is 4.99. The smallest absolute Gasteiger partial charge is 0.243 e. The lowest BCUT2D eigenvalue weighted by molar-refractivity contribution is 0.392. The first-order valence-corrected chi connectivity index (χ1v) is 6.59. The van der Waals surface area contributed by atoms with Gasteiger partial charge in [0.05, 0.1) is 0 Å². The van der Waals surface area contributed by atoms with Crippen molar-refractivity contribution in [2.24, 2.45) is 5.92 Å². The Labute approximate surface area is 107 Å². The Morgan fingerprint density at radius 1 is 1.56 bits per heavy atom. The third-order valence-electron chi connectivity index (χ3n) is 3.51. The molecule has 0 aromatic carbocycles. The van der Waals surface area contributed by atoms with Crippen molar-refractivity contribution >= 4 is 11.6 Å². The van der Waals surface area contributed by atoms with Gasteiger partial charge < -0.3 is 10.6 Å². The summed E-state index contributed by atoms with van der Waals surface area (Å²) < 4.78 is 1.83. The number of hydrogen-bond donors (Lipinski definition) is 2. The molecule has 1 aliphatic heterocycles. The minimum absolute atomic E-state index is 0.687. The Morgan fingerprint density at radius 2 is 2.50 bits per heavy atom. The zero-order valence-electron chi connectivity index (χ0n) is 10.7. The van der Waals surface area contributed by atoms with E-state index in [9.17, 15) is 0 Å². The lowest BCUT2D eigenvalue weighted by atomic mass is 10.00. The molecule has 0 aliphatic carbocycles. The summed E-state index contributed by atoms with van der Waals surface area (Å²) in [7, 11) is 0. The third kappa shape index (κ3) is 2.31. The molecule has 2 aromatic heterocycles. The third-order valence-corrected chi connectivity index (χ3v) is 3.51. The van der Waals surface area contributed by atoms with Crippen LogP contribution in [0.2, 0.25) is 0 Å². The van der Waals surface area contributed by atoms with Crippen molar-refractivity contribution in [3.8, 4) is 0 Å². The normalized spacial score (nSPS) is 20.2. The van der Waals surface area contributed by atoms with E-state index < -0.39 is 0 Å². The number of aryl methyl sites for hydroxylation is 1. The first kappa shape index (κ1) is 11.5. The van der Waals surface area contributed by atoms with Gasteiger partial charge in [-0.2, -0.15) is 4.98 Å². The molecule has 1 saturated heterocycles. The van der Waals surface area contributed by atoms with E-state index >= 15 is 0 Å². The van der Waals surface area contributed by atoms with Gasteiger partial charge in [0.25, 0.3) is 0 Å². The maximum absolute atomic E-state index is 4.52. The van der Waals surface area contributed by atoms with E-state index in [1.165, 1.54) is 12.8 Å². The van der Waals surface area contributed by atoms with Crippen molar-refractivity contribution in [2.45, 2.75) is 19.8 Å². The fourth-order valence-electron chi connectivity index (χ4n) is 2.45. The van der Waals surface area contributed by atoms with Crippen molar-refractivity contribution in [2.75, 3.05) is 25.0 Å². The number of hydrogen-bond acceptors (Lipinski definition) is 4. The molecule has 1 aliphatic rings. The molecular formula is C13H19N5. The summed E-state index contributed by atoms with van der Waals surface area (Å²) in [6.45, 7) is 5.25. The second kappa shape index (κ2) is 4.94. The predicted octanol–water partition coefficient (Wildman–Crippen LogP) is 1.45. The number of rotatable bonds is 3. The van der Waals surface area contributed by atoms with Crippen LogP contribution in [0, 0.1) is 12.8 Å². The van der Waals surface area contributed by atoms with Gasteiger partial charge in [0.15, 0.2) is 5.65 Å². The number of nitrogens with one attached hydrogen (secondary N) is 2. The number of aromatic nitrogens is 3. The van der Waals surface area contributed by atoms with Crippen molar-refractivity contribution in [1.29, 1.82) is 0 Å². The number of fused-ring (bicyclic) bond motifs is 1. The Kier molecular flexibility index (Phi) is 3.15. The zero-order chi connectivity index (χ0) is 12.4. The van der Waals surface area contributed by atoms with E-state index in [2.05, 4.69) is 33.7 Å². The molecule has 0 saturated carbocycles. The van der Waals surface area contributed by atoms with Gasteiger partial charge in [0.1, 0.15) is 0 Å². The SMILES string of the molecule is Cc1cccn2nc(NCC3CCCNC3)nc12. The highest BCUT2D eigenvalue weighted by Crippen LogP contribution is 2.13. The van der Waals surface area contributed by atoms with E-state index in [0.717, 1.165) is 36.8 Å². The summed E-state index contributed by atoms with van der Waals surface area (Å²) >= 11 is 0. The van der Waals surface area contributed by atoms with Crippen molar-refractivity contribution < 1.29 is 0 Å². The van der Waals surface area contributed by atoms with Crippen molar-refractivity contribution in [3.63, 3.8) is 0 Å². The van der Waals surface area contributed by atoms with Gasteiger partial charge in [0.2, 0.25) is 5.95 Å². The first-order valence-electron chi connectivity index (χ1n) is 6.59. The van der Waals surface area contributed by atoms with Crippen LogP contribution in [0.4, 0.5) is 5.95 Å². The maximum Gasteiger partial charge on any atom is 0.243 e. The average molecular weight is 245 g/mol. The van der Waals surface area contributed by atoms with E-state index in [4.69, 9.17) is 0 Å². The van der Waals surface area contributed by atoms with E-state index in [1.54, 1.807) is 0 Å². The summed E-state index contributed by atoms with van der Waals surface area (Å²) in [5, 5.41) is 11.2. The fraction of sp³-hybridized carbons (Fsp3) is 0.538. The quantitative estimate of drug-likeness (QED) is 0.859. The Balaban J connectivity index is 1.69. The number of anilines is 1. The molecule has 1 unspecified atom stereocenters. The van der Waals surface area contributed by atoms with Gasteiger partial charge in [-0.3, -0.25) is 0 Å². The molecule has 0 amide bonds. The molecule has 1 atom stereocenters. The van der Waals surface area contributed by atoms with Gasteiger partial charge in [-0.1, -0.05) is 6.07 Å². The standard InChI is InChI=1S/C13H19N5/c1-10-4-3-7-18-12(10)16-13(17-18)15-9-11-5-2-6-14-8-11/h3-4,7,11,14H,2,5-6,8-9H2,1H3,(H,15,17). The number of nitrogens with zero attached hydrogens (tertiary/aromatic N) is 3. The Hall–Kier alpha value is -1.62. The van der Waals surface area contributed by atoms with E-state index in [0.29, 0.717) is 5.92 Å². The fourth-order valence-corrected chi connectivity index (χ4v) is 2.45. The molecule has 0 bridgehead atoms. The number of piperidine rings is 1. The molecule has 96 valence electrons. The Morgan fingerprint density at radius 3 is 3.28 bits per heavy atom. The van der Waals surface area contributed by atoms with Gasteiger partial charge in [-0.05, 0) is 50.4 Å². The molecule has 3 heterocycles. The average Bonchev–Trinajstić information content (AvgIpc) is 2.82. The van der Waals surface area contributed by atoms with Crippen molar-refractivity contribution in [1.82, 2.24) is 19.9 Å². The molecule has 2 N–H and O–H groups in total. The molecule has 18 heavy (non-hydrogen) atoms. The lowest BCUT2D eigenvalue weighted by Gasteiger charge is -2.22. The molecule has 5 heteroatoms. The molecular weight excluding hydrogens is 226 g/mol. The van der Waals surface area contributed by atoms with Gasteiger partial charge >= 0.3 is 0 Å². The van der Waals surface area contributed by atoms with E-state index in [1.807, 2.05) is 16.8 Å².